The summed E-state index contributed by atoms with van der Waals surface area (Å²) in [7, 11) is -3.37. The molecule has 0 aromatic heterocycles. The van der Waals surface area contributed by atoms with E-state index in [-0.39, 0.29) is 18.4 Å². The molecule has 6 heteroatoms. The number of nitrogens with one attached hydrogen (secondary N) is 1. The van der Waals surface area contributed by atoms with Gasteiger partial charge in [-0.2, -0.15) is 12.7 Å². The molecule has 118 valence electrons. The highest BCUT2D eigenvalue weighted by molar-refractivity contribution is 7.87. The maximum atomic E-state index is 12.4. The van der Waals surface area contributed by atoms with Gasteiger partial charge in [0.05, 0.1) is 0 Å². The first-order chi connectivity index (χ1) is 9.42. The molecule has 20 heavy (non-hydrogen) atoms. The van der Waals surface area contributed by atoms with Crippen LogP contribution in [-0.2, 0) is 10.2 Å². The summed E-state index contributed by atoms with van der Waals surface area (Å²) in [6.07, 6.45) is 4.22. The topological polar surface area (TPSA) is 69.6 Å². The van der Waals surface area contributed by atoms with Crippen LogP contribution in [-0.4, -0.2) is 44.1 Å². The molecule has 2 rings (SSSR count). The van der Waals surface area contributed by atoms with E-state index in [4.69, 9.17) is 0 Å². The summed E-state index contributed by atoms with van der Waals surface area (Å²) in [5, 5.41) is 9.30. The number of piperidine rings is 1. The lowest BCUT2D eigenvalue weighted by Crippen LogP contribution is -2.49. The van der Waals surface area contributed by atoms with Crippen molar-refractivity contribution in [2.75, 3.05) is 26.2 Å². The van der Waals surface area contributed by atoms with Crippen LogP contribution in [0.15, 0.2) is 0 Å². The molecule has 2 N–H and O–H groups in total. The average molecular weight is 304 g/mol. The molecule has 5 nitrogen and oxygen atoms in total. The van der Waals surface area contributed by atoms with E-state index in [0.29, 0.717) is 31.5 Å². The molecule has 4 atom stereocenters. The van der Waals surface area contributed by atoms with Crippen LogP contribution in [0.3, 0.4) is 0 Å². The Morgan fingerprint density at radius 1 is 1.15 bits per heavy atom. The lowest BCUT2D eigenvalue weighted by molar-refractivity contribution is 0.193. The molecule has 0 aromatic carbocycles. The first-order valence-corrected chi connectivity index (χ1v) is 9.22. The van der Waals surface area contributed by atoms with Crippen LogP contribution in [0, 0.1) is 23.7 Å². The Bertz CT molecular complexity index is 403. The Kier molecular flexibility index (Phi) is 5.45. The molecule has 0 spiro atoms. The van der Waals surface area contributed by atoms with Gasteiger partial charge in [-0.25, -0.2) is 4.72 Å². The minimum absolute atomic E-state index is 0.171. The van der Waals surface area contributed by atoms with Crippen molar-refractivity contribution in [3.63, 3.8) is 0 Å². The fourth-order valence-corrected chi connectivity index (χ4v) is 5.24. The molecule has 1 aliphatic carbocycles. The lowest BCUT2D eigenvalue weighted by Gasteiger charge is -2.34. The van der Waals surface area contributed by atoms with E-state index < -0.39 is 10.2 Å². The molecule has 1 saturated carbocycles. The Morgan fingerprint density at radius 2 is 1.75 bits per heavy atom. The van der Waals surface area contributed by atoms with E-state index in [1.54, 1.807) is 4.31 Å². The Labute approximate surface area is 122 Å². The molecule has 1 aliphatic heterocycles. The maximum absolute atomic E-state index is 12.4. The van der Waals surface area contributed by atoms with Crippen molar-refractivity contribution in [2.24, 2.45) is 23.7 Å². The highest BCUT2D eigenvalue weighted by Crippen LogP contribution is 2.31. The fraction of sp³-hybridized carbons (Fsp3) is 1.00. The van der Waals surface area contributed by atoms with Gasteiger partial charge in [0.15, 0.2) is 0 Å². The van der Waals surface area contributed by atoms with E-state index in [1.807, 2.05) is 0 Å². The molecule has 4 unspecified atom stereocenters. The molecule has 2 aliphatic rings. The lowest BCUT2D eigenvalue weighted by atomic mass is 9.94. The minimum Gasteiger partial charge on any atom is -0.396 e. The molecule has 2 fully saturated rings. The van der Waals surface area contributed by atoms with Gasteiger partial charge in [0.1, 0.15) is 0 Å². The van der Waals surface area contributed by atoms with Crippen molar-refractivity contribution < 1.29 is 13.5 Å². The van der Waals surface area contributed by atoms with Crippen molar-refractivity contribution >= 4 is 10.2 Å². The predicted molar refractivity (Wildman–Crippen MR) is 79.4 cm³/mol. The quantitative estimate of drug-likeness (QED) is 0.802. The van der Waals surface area contributed by atoms with E-state index in [2.05, 4.69) is 18.6 Å². The summed E-state index contributed by atoms with van der Waals surface area (Å²) in [6.45, 7) is 6.09. The SMILES string of the molecule is CC1CC(C)CN(S(=O)(=O)NCC2CCCC2CO)C1. The van der Waals surface area contributed by atoms with Crippen LogP contribution < -0.4 is 4.72 Å². The molecular weight excluding hydrogens is 276 g/mol. The number of rotatable bonds is 5. The van der Waals surface area contributed by atoms with Gasteiger partial charge in [0.25, 0.3) is 10.2 Å². The second kappa shape index (κ2) is 6.73. The van der Waals surface area contributed by atoms with Crippen LogP contribution >= 0.6 is 0 Å². The zero-order chi connectivity index (χ0) is 14.8. The second-order valence-electron chi connectivity index (χ2n) is 6.75. The molecule has 1 heterocycles. The molecule has 1 saturated heterocycles. The summed E-state index contributed by atoms with van der Waals surface area (Å²) in [5.74, 6) is 1.39. The Hall–Kier alpha value is -0.170. The summed E-state index contributed by atoms with van der Waals surface area (Å²) >= 11 is 0. The van der Waals surface area contributed by atoms with E-state index in [9.17, 15) is 13.5 Å². The van der Waals surface area contributed by atoms with Crippen molar-refractivity contribution in [2.45, 2.75) is 39.5 Å². The maximum Gasteiger partial charge on any atom is 0.279 e. The van der Waals surface area contributed by atoms with Gasteiger partial charge in [0, 0.05) is 26.2 Å². The molecular formula is C14H28N2O3S. The Balaban J connectivity index is 1.90. The third-order valence-electron chi connectivity index (χ3n) is 4.75. The minimum atomic E-state index is -3.37. The third-order valence-corrected chi connectivity index (χ3v) is 6.26. The second-order valence-corrected chi connectivity index (χ2v) is 8.51. The van der Waals surface area contributed by atoms with Crippen molar-refractivity contribution in [3.05, 3.63) is 0 Å². The number of hydrogen-bond donors (Lipinski definition) is 2. The fourth-order valence-electron chi connectivity index (χ4n) is 3.73. The average Bonchev–Trinajstić information content (AvgIpc) is 2.82. The van der Waals surface area contributed by atoms with Crippen LogP contribution in [0.1, 0.15) is 39.5 Å². The standard InChI is InChI=1S/C14H28N2O3S/c1-11-6-12(2)9-16(8-11)20(18,19)15-7-13-4-3-5-14(13)10-17/h11-15,17H,3-10H2,1-2H3. The number of nitrogens with zero attached hydrogens (tertiary/aromatic N) is 1. The number of aliphatic hydroxyl groups excluding tert-OH is 1. The van der Waals surface area contributed by atoms with Gasteiger partial charge in [-0.1, -0.05) is 20.3 Å². The van der Waals surface area contributed by atoms with Crippen molar-refractivity contribution in [1.82, 2.24) is 9.03 Å². The monoisotopic (exact) mass is 304 g/mol. The number of hydrogen-bond acceptors (Lipinski definition) is 3. The van der Waals surface area contributed by atoms with Crippen LogP contribution in [0.25, 0.3) is 0 Å². The van der Waals surface area contributed by atoms with Crippen molar-refractivity contribution in [1.29, 1.82) is 0 Å². The van der Waals surface area contributed by atoms with Crippen molar-refractivity contribution in [3.8, 4) is 0 Å². The van der Waals surface area contributed by atoms with Crippen LogP contribution in [0.5, 0.6) is 0 Å². The van der Waals surface area contributed by atoms with Crippen LogP contribution in [0.2, 0.25) is 0 Å². The van der Waals surface area contributed by atoms with Gasteiger partial charge in [-0.3, -0.25) is 0 Å². The van der Waals surface area contributed by atoms with E-state index in [1.165, 1.54) is 0 Å². The predicted octanol–water partition coefficient (Wildman–Crippen LogP) is 1.21. The zero-order valence-electron chi connectivity index (χ0n) is 12.6. The normalized spacial score (nSPS) is 36.4. The van der Waals surface area contributed by atoms with Gasteiger partial charge in [0.2, 0.25) is 0 Å². The molecule has 0 aromatic rings. The van der Waals surface area contributed by atoms with Gasteiger partial charge < -0.3 is 5.11 Å². The largest absolute Gasteiger partial charge is 0.396 e. The smallest absolute Gasteiger partial charge is 0.279 e. The van der Waals surface area contributed by atoms with Gasteiger partial charge in [-0.05, 0) is 42.9 Å². The summed E-state index contributed by atoms with van der Waals surface area (Å²) < 4.78 is 29.1. The summed E-state index contributed by atoms with van der Waals surface area (Å²) in [4.78, 5) is 0. The molecule has 0 bridgehead atoms. The first-order valence-electron chi connectivity index (χ1n) is 7.78. The molecule has 0 radical (unpaired) electrons. The third kappa shape index (κ3) is 3.93. The zero-order valence-corrected chi connectivity index (χ0v) is 13.4. The summed E-state index contributed by atoms with van der Waals surface area (Å²) in [6, 6.07) is 0. The highest BCUT2D eigenvalue weighted by Gasteiger charge is 2.32. The van der Waals surface area contributed by atoms with Gasteiger partial charge >= 0.3 is 0 Å². The first kappa shape index (κ1) is 16.2. The number of aliphatic hydroxyl groups is 1. The Morgan fingerprint density at radius 3 is 2.35 bits per heavy atom. The summed E-state index contributed by atoms with van der Waals surface area (Å²) in [5.41, 5.74) is 0. The van der Waals surface area contributed by atoms with E-state index in [0.717, 1.165) is 25.7 Å². The van der Waals surface area contributed by atoms with E-state index >= 15 is 0 Å². The van der Waals surface area contributed by atoms with Crippen LogP contribution in [0.4, 0.5) is 0 Å². The highest BCUT2D eigenvalue weighted by atomic mass is 32.2. The van der Waals surface area contributed by atoms with Gasteiger partial charge in [-0.15, -0.1) is 0 Å². The molecule has 0 amide bonds.